The highest BCUT2D eigenvalue weighted by molar-refractivity contribution is 6.03. The van der Waals surface area contributed by atoms with Gasteiger partial charge in [-0.3, -0.25) is 9.78 Å². The van der Waals surface area contributed by atoms with Gasteiger partial charge in [0.2, 0.25) is 0 Å². The number of fused-ring (bicyclic) bond motifs is 1. The Bertz CT molecular complexity index is 630. The zero-order valence-electron chi connectivity index (χ0n) is 16.4. The van der Waals surface area contributed by atoms with Gasteiger partial charge in [-0.05, 0) is 37.2 Å². The highest BCUT2D eigenvalue weighted by Gasteiger charge is 2.36. The molecule has 4 nitrogen and oxygen atoms in total. The minimum atomic E-state index is -0.378. The molecule has 0 aromatic carbocycles. The first-order chi connectivity index (χ1) is 11.2. The first-order valence-corrected chi connectivity index (χ1v) is 8.91. The van der Waals surface area contributed by atoms with Gasteiger partial charge in [0.25, 0.3) is 0 Å². The lowest BCUT2D eigenvalue weighted by Gasteiger charge is -2.31. The quantitative estimate of drug-likeness (QED) is 0.740. The van der Waals surface area contributed by atoms with Crippen LogP contribution >= 0.6 is 0 Å². The third-order valence-corrected chi connectivity index (χ3v) is 4.14. The monoisotopic (exact) mass is 333 g/mol. The van der Waals surface area contributed by atoms with Gasteiger partial charge in [0.05, 0.1) is 23.6 Å². The number of esters is 1. The van der Waals surface area contributed by atoms with Gasteiger partial charge in [0.15, 0.2) is 5.78 Å². The normalized spacial score (nSPS) is 15.5. The molecule has 0 atom stereocenters. The van der Waals surface area contributed by atoms with Crippen molar-refractivity contribution in [3.05, 3.63) is 28.1 Å². The van der Waals surface area contributed by atoms with Crippen LogP contribution in [-0.4, -0.2) is 23.3 Å². The van der Waals surface area contributed by atoms with Gasteiger partial charge >= 0.3 is 5.97 Å². The molecule has 1 aromatic heterocycles. The maximum atomic E-state index is 12.5. The van der Waals surface area contributed by atoms with Gasteiger partial charge < -0.3 is 4.74 Å². The number of ether oxygens (including phenoxy) is 1. The van der Waals surface area contributed by atoms with E-state index in [1.807, 2.05) is 34.6 Å². The van der Waals surface area contributed by atoms with Gasteiger partial charge in [-0.2, -0.15) is 0 Å². The largest absolute Gasteiger partial charge is 0.462 e. The number of hydrogen-bond donors (Lipinski definition) is 0. The van der Waals surface area contributed by atoms with E-state index < -0.39 is 0 Å². The molecule has 1 aliphatic carbocycles. The van der Waals surface area contributed by atoms with Gasteiger partial charge in [-0.1, -0.05) is 41.5 Å². The van der Waals surface area contributed by atoms with Crippen molar-refractivity contribution in [3.63, 3.8) is 0 Å². The number of carbonyl (C=O) groups excluding carboxylic acids is 2. The average molecular weight is 333 g/mol. The van der Waals surface area contributed by atoms with Crippen molar-refractivity contribution in [1.29, 1.82) is 0 Å². The lowest BCUT2D eigenvalue weighted by atomic mass is 9.74. The lowest BCUT2D eigenvalue weighted by Crippen LogP contribution is -2.30. The Kier molecular flexibility index (Phi) is 6.70. The van der Waals surface area contributed by atoms with Crippen molar-refractivity contribution in [2.75, 3.05) is 6.61 Å². The van der Waals surface area contributed by atoms with E-state index in [1.54, 1.807) is 6.92 Å². The zero-order chi connectivity index (χ0) is 18.7. The second-order valence-corrected chi connectivity index (χ2v) is 7.13. The van der Waals surface area contributed by atoms with Gasteiger partial charge in [-0.25, -0.2) is 4.79 Å². The first-order valence-electron chi connectivity index (χ1n) is 8.91. The summed E-state index contributed by atoms with van der Waals surface area (Å²) in [6.45, 7) is 16.1. The number of nitrogens with zero attached hydrogens (tertiary/aromatic N) is 1. The minimum Gasteiger partial charge on any atom is -0.462 e. The highest BCUT2D eigenvalue weighted by Crippen LogP contribution is 2.37. The number of carbonyl (C=O) groups is 2. The van der Waals surface area contributed by atoms with Crippen LogP contribution in [0.1, 0.15) is 98.5 Å². The number of Topliss-reactive ketones (excluding diaryl/α,β-unsaturated/α-hetero) is 1. The molecule has 24 heavy (non-hydrogen) atoms. The topological polar surface area (TPSA) is 56.3 Å². The second kappa shape index (κ2) is 7.91. The van der Waals surface area contributed by atoms with Crippen molar-refractivity contribution in [2.24, 2.45) is 5.41 Å². The third-order valence-electron chi connectivity index (χ3n) is 4.14. The zero-order valence-corrected chi connectivity index (χ0v) is 16.4. The van der Waals surface area contributed by atoms with E-state index in [0.717, 1.165) is 23.4 Å². The fourth-order valence-electron chi connectivity index (χ4n) is 3.21. The summed E-state index contributed by atoms with van der Waals surface area (Å²) in [5, 5.41) is 0. The van der Waals surface area contributed by atoms with E-state index in [9.17, 15) is 9.59 Å². The average Bonchev–Trinajstić information content (AvgIpc) is 2.46. The smallest absolute Gasteiger partial charge is 0.340 e. The highest BCUT2D eigenvalue weighted by atomic mass is 16.5. The Morgan fingerprint density at radius 1 is 1.25 bits per heavy atom. The summed E-state index contributed by atoms with van der Waals surface area (Å²) in [4.78, 5) is 29.6. The minimum absolute atomic E-state index is 0.0801. The molecule has 0 radical (unpaired) electrons. The van der Waals surface area contributed by atoms with E-state index in [0.29, 0.717) is 24.2 Å². The molecule has 1 aromatic rings. The molecule has 0 unspecified atom stereocenters. The summed E-state index contributed by atoms with van der Waals surface area (Å²) >= 11 is 0. The van der Waals surface area contributed by atoms with Crippen LogP contribution in [0.15, 0.2) is 0 Å². The van der Waals surface area contributed by atoms with Crippen LogP contribution in [0, 0.1) is 12.3 Å². The summed E-state index contributed by atoms with van der Waals surface area (Å²) in [6, 6.07) is 0. The Morgan fingerprint density at radius 3 is 2.33 bits per heavy atom. The number of rotatable bonds is 3. The number of aromatic nitrogens is 1. The summed E-state index contributed by atoms with van der Waals surface area (Å²) in [7, 11) is 0. The predicted octanol–water partition coefficient (Wildman–Crippen LogP) is 4.87. The van der Waals surface area contributed by atoms with Crippen LogP contribution in [0.4, 0.5) is 0 Å². The van der Waals surface area contributed by atoms with Crippen LogP contribution in [0.2, 0.25) is 0 Å². The fraction of sp³-hybridized carbons (Fsp3) is 0.650. The van der Waals surface area contributed by atoms with Crippen molar-refractivity contribution in [2.45, 2.75) is 74.1 Å². The molecule has 1 heterocycles. The molecule has 0 saturated carbocycles. The first kappa shape index (κ1) is 20.3. The summed E-state index contributed by atoms with van der Waals surface area (Å²) < 4.78 is 5.18. The van der Waals surface area contributed by atoms with Crippen LogP contribution in [0.5, 0.6) is 0 Å². The number of pyridine rings is 1. The maximum Gasteiger partial charge on any atom is 0.340 e. The van der Waals surface area contributed by atoms with Gasteiger partial charge in [-0.15, -0.1) is 0 Å². The molecular formula is C20H31NO3. The molecular weight excluding hydrogens is 302 g/mol. The molecule has 0 N–H and O–H groups in total. The molecule has 0 fully saturated rings. The lowest BCUT2D eigenvalue weighted by molar-refractivity contribution is 0.0523. The van der Waals surface area contributed by atoms with Crippen LogP contribution < -0.4 is 0 Å². The molecule has 0 spiro atoms. The second-order valence-electron chi connectivity index (χ2n) is 7.13. The number of hydrogen-bond acceptors (Lipinski definition) is 4. The SMILES string of the molecule is CC.CCOC(=O)c1c(C(C)C)nc2c(c1C)C(=O)CC(C)(C)C2. The Labute approximate surface area is 146 Å². The van der Waals surface area contributed by atoms with Crippen molar-refractivity contribution in [1.82, 2.24) is 4.98 Å². The Hall–Kier alpha value is -1.71. The predicted molar refractivity (Wildman–Crippen MR) is 96.8 cm³/mol. The molecule has 0 amide bonds. The standard InChI is InChI=1S/C18H25NO3.C2H6/c1-7-22-17(21)15-11(4)14-12(19-16(15)10(2)3)8-18(5,6)9-13(14)20;1-2/h10H,7-9H2,1-6H3;1-2H3. The third kappa shape index (κ3) is 4.03. The fourth-order valence-corrected chi connectivity index (χ4v) is 3.21. The molecule has 0 aliphatic heterocycles. The van der Waals surface area contributed by atoms with E-state index in [-0.39, 0.29) is 23.1 Å². The molecule has 4 heteroatoms. The molecule has 2 rings (SSSR count). The molecule has 1 aliphatic rings. The summed E-state index contributed by atoms with van der Waals surface area (Å²) in [6.07, 6.45) is 1.25. The van der Waals surface area contributed by atoms with Crippen molar-refractivity contribution < 1.29 is 14.3 Å². The van der Waals surface area contributed by atoms with Crippen LogP contribution in [-0.2, 0) is 11.2 Å². The van der Waals surface area contributed by atoms with Crippen molar-refractivity contribution >= 4 is 11.8 Å². The molecule has 0 saturated heterocycles. The van der Waals surface area contributed by atoms with Crippen LogP contribution in [0.3, 0.4) is 0 Å². The molecule has 0 bridgehead atoms. The van der Waals surface area contributed by atoms with E-state index >= 15 is 0 Å². The van der Waals surface area contributed by atoms with E-state index in [1.165, 1.54) is 0 Å². The van der Waals surface area contributed by atoms with Crippen molar-refractivity contribution in [3.8, 4) is 0 Å². The Balaban J connectivity index is 0.00000139. The number of ketones is 1. The van der Waals surface area contributed by atoms with E-state index in [2.05, 4.69) is 13.8 Å². The van der Waals surface area contributed by atoms with Gasteiger partial charge in [0.1, 0.15) is 0 Å². The van der Waals surface area contributed by atoms with E-state index in [4.69, 9.17) is 9.72 Å². The van der Waals surface area contributed by atoms with Crippen LogP contribution in [0.25, 0.3) is 0 Å². The summed E-state index contributed by atoms with van der Waals surface area (Å²) in [5.74, 6) is -0.197. The van der Waals surface area contributed by atoms with Gasteiger partial charge in [0, 0.05) is 12.0 Å². The maximum absolute atomic E-state index is 12.5. The molecule has 134 valence electrons. The Morgan fingerprint density at radius 2 is 1.83 bits per heavy atom. The summed E-state index contributed by atoms with van der Waals surface area (Å²) in [5.41, 5.74) is 3.32.